The molecule has 4 atom stereocenters. The van der Waals surface area contributed by atoms with Crippen LogP contribution < -0.4 is 0 Å². The first kappa shape index (κ1) is 21.3. The predicted octanol–water partition coefficient (Wildman–Crippen LogP) is 2.94. The summed E-state index contributed by atoms with van der Waals surface area (Å²) >= 11 is 0. The molecule has 0 aromatic heterocycles. The molecular weight excluding hydrogens is 376 g/mol. The number of epoxide rings is 1. The molecule has 0 spiro atoms. The molecule has 0 radical (unpaired) electrons. The Balaban J connectivity index is 2.04. The van der Waals surface area contributed by atoms with Crippen molar-refractivity contribution >= 4 is 17.9 Å². The van der Waals surface area contributed by atoms with E-state index in [1.165, 1.54) is 6.92 Å². The number of esters is 3. The Labute approximate surface area is 170 Å². The lowest BCUT2D eigenvalue weighted by atomic mass is 9.87. The van der Waals surface area contributed by atoms with Gasteiger partial charge in [-0.1, -0.05) is 17.7 Å². The molecule has 1 saturated heterocycles. The van der Waals surface area contributed by atoms with E-state index < -0.39 is 35.7 Å². The van der Waals surface area contributed by atoms with E-state index in [0.717, 1.165) is 18.4 Å². The van der Waals surface area contributed by atoms with Crippen molar-refractivity contribution < 1.29 is 33.3 Å². The van der Waals surface area contributed by atoms with Gasteiger partial charge in [0.1, 0.15) is 18.8 Å². The number of rotatable bonds is 4. The van der Waals surface area contributed by atoms with Crippen LogP contribution in [0.15, 0.2) is 34.4 Å². The molecule has 0 bridgehead atoms. The topological polar surface area (TPSA) is 91.4 Å². The van der Waals surface area contributed by atoms with Gasteiger partial charge in [-0.25, -0.2) is 9.59 Å². The standard InChI is InChI=1S/C22H28O7/c1-6-13(3)20(24)27-16-10-12(2)8-7-9-22(5)19(29-22)18-17(16)15(21(25)28-18)11-26-14(4)23/h6,8,16,18-19H,7,9-11H2,1-5H3/b12-8+,13-6-/t16-,18+,19-,22+/m0/s1. The van der Waals surface area contributed by atoms with Crippen LogP contribution in [0.2, 0.25) is 0 Å². The highest BCUT2D eigenvalue weighted by molar-refractivity contribution is 5.94. The number of hydrogen-bond donors (Lipinski definition) is 0. The van der Waals surface area contributed by atoms with E-state index >= 15 is 0 Å². The summed E-state index contributed by atoms with van der Waals surface area (Å²) in [6, 6.07) is 0. The van der Waals surface area contributed by atoms with E-state index in [-0.39, 0.29) is 18.3 Å². The minimum absolute atomic E-state index is 0.219. The zero-order valence-electron chi connectivity index (χ0n) is 17.6. The first-order chi connectivity index (χ1) is 13.7. The van der Waals surface area contributed by atoms with Crippen LogP contribution in [0.3, 0.4) is 0 Å². The van der Waals surface area contributed by atoms with Gasteiger partial charge in [-0.15, -0.1) is 0 Å². The number of hydrogen-bond acceptors (Lipinski definition) is 7. The van der Waals surface area contributed by atoms with Crippen LogP contribution in [0.1, 0.15) is 53.9 Å². The minimum atomic E-state index is -0.706. The van der Waals surface area contributed by atoms with Gasteiger partial charge in [-0.2, -0.15) is 0 Å². The molecule has 1 aliphatic carbocycles. The number of carbonyl (C=O) groups excluding carboxylic acids is 3. The number of allylic oxidation sites excluding steroid dienone is 2. The van der Waals surface area contributed by atoms with E-state index in [1.54, 1.807) is 19.9 Å². The molecule has 0 amide bonds. The van der Waals surface area contributed by atoms with E-state index in [2.05, 4.69) is 6.08 Å². The normalized spacial score (nSPS) is 33.7. The van der Waals surface area contributed by atoms with Crippen LogP contribution in [0, 0.1) is 0 Å². The van der Waals surface area contributed by atoms with Crippen molar-refractivity contribution in [1.29, 1.82) is 0 Å². The van der Waals surface area contributed by atoms with E-state index in [9.17, 15) is 14.4 Å². The third-order valence-electron chi connectivity index (χ3n) is 5.76. The molecule has 29 heavy (non-hydrogen) atoms. The average molecular weight is 404 g/mol. The summed E-state index contributed by atoms with van der Waals surface area (Å²) in [4.78, 5) is 36.5. The second-order valence-corrected chi connectivity index (χ2v) is 8.05. The van der Waals surface area contributed by atoms with Gasteiger partial charge in [0.25, 0.3) is 0 Å². The van der Waals surface area contributed by atoms with Crippen LogP contribution in [0.5, 0.6) is 0 Å². The van der Waals surface area contributed by atoms with Crippen LogP contribution in [0.4, 0.5) is 0 Å². The van der Waals surface area contributed by atoms with Crippen molar-refractivity contribution in [2.45, 2.75) is 77.8 Å². The third kappa shape index (κ3) is 4.45. The summed E-state index contributed by atoms with van der Waals surface area (Å²) in [5.74, 6) is -1.52. The fourth-order valence-corrected chi connectivity index (χ4v) is 3.83. The second kappa shape index (κ2) is 8.14. The van der Waals surface area contributed by atoms with Gasteiger partial charge in [0.15, 0.2) is 6.10 Å². The monoisotopic (exact) mass is 404 g/mol. The molecule has 2 aliphatic heterocycles. The Hall–Kier alpha value is -2.41. The lowest BCUT2D eigenvalue weighted by molar-refractivity contribution is -0.143. The van der Waals surface area contributed by atoms with E-state index in [0.29, 0.717) is 17.6 Å². The first-order valence-electron chi connectivity index (χ1n) is 9.91. The van der Waals surface area contributed by atoms with Gasteiger partial charge in [-0.05, 0) is 40.5 Å². The maximum absolute atomic E-state index is 12.6. The lowest BCUT2D eigenvalue weighted by Gasteiger charge is -2.25. The molecule has 0 unspecified atom stereocenters. The van der Waals surface area contributed by atoms with Crippen LogP contribution in [-0.4, -0.2) is 48.4 Å². The fraction of sp³-hybridized carbons (Fsp3) is 0.591. The third-order valence-corrected chi connectivity index (χ3v) is 5.76. The quantitative estimate of drug-likeness (QED) is 0.234. The van der Waals surface area contributed by atoms with Crippen LogP contribution in [-0.2, 0) is 33.3 Å². The Morgan fingerprint density at radius 3 is 2.72 bits per heavy atom. The van der Waals surface area contributed by atoms with Crippen molar-refractivity contribution in [1.82, 2.24) is 0 Å². The molecule has 0 N–H and O–H groups in total. The average Bonchev–Trinajstić information content (AvgIpc) is 3.20. The Bertz CT molecular complexity index is 819. The maximum Gasteiger partial charge on any atom is 0.338 e. The first-order valence-corrected chi connectivity index (χ1v) is 9.91. The summed E-state index contributed by atoms with van der Waals surface area (Å²) in [7, 11) is 0. The van der Waals surface area contributed by atoms with Crippen molar-refractivity contribution in [2.24, 2.45) is 0 Å². The number of carbonyl (C=O) groups is 3. The molecule has 7 heteroatoms. The van der Waals surface area contributed by atoms with Gasteiger partial charge in [0.05, 0.1) is 11.2 Å². The second-order valence-electron chi connectivity index (χ2n) is 8.05. The van der Waals surface area contributed by atoms with E-state index in [4.69, 9.17) is 18.9 Å². The maximum atomic E-state index is 12.6. The minimum Gasteiger partial charge on any atom is -0.461 e. The van der Waals surface area contributed by atoms with E-state index in [1.807, 2.05) is 13.8 Å². The highest BCUT2D eigenvalue weighted by Gasteiger charge is 2.61. The van der Waals surface area contributed by atoms with Crippen molar-refractivity contribution in [2.75, 3.05) is 6.61 Å². The summed E-state index contributed by atoms with van der Waals surface area (Å²) in [6.45, 7) is 8.45. The predicted molar refractivity (Wildman–Crippen MR) is 104 cm³/mol. The number of fused-ring (bicyclic) bond motifs is 3. The van der Waals surface area contributed by atoms with Gasteiger partial charge in [0, 0.05) is 24.5 Å². The van der Waals surface area contributed by atoms with Gasteiger partial charge < -0.3 is 18.9 Å². The summed E-state index contributed by atoms with van der Waals surface area (Å²) < 4.78 is 22.5. The fourth-order valence-electron chi connectivity index (χ4n) is 3.83. The Morgan fingerprint density at radius 1 is 1.34 bits per heavy atom. The molecule has 0 aromatic rings. The zero-order valence-corrected chi connectivity index (χ0v) is 17.6. The smallest absolute Gasteiger partial charge is 0.338 e. The molecule has 3 aliphatic rings. The Kier molecular flexibility index (Phi) is 5.98. The van der Waals surface area contributed by atoms with Crippen LogP contribution in [0.25, 0.3) is 0 Å². The highest BCUT2D eigenvalue weighted by atomic mass is 16.6. The molecule has 158 valence electrons. The Morgan fingerprint density at radius 2 is 2.07 bits per heavy atom. The highest BCUT2D eigenvalue weighted by Crippen LogP contribution is 2.49. The van der Waals surface area contributed by atoms with Crippen molar-refractivity contribution in [3.63, 3.8) is 0 Å². The molecule has 2 heterocycles. The molecule has 0 aromatic carbocycles. The molecular formula is C22H28O7. The van der Waals surface area contributed by atoms with Gasteiger partial charge >= 0.3 is 17.9 Å². The zero-order chi connectivity index (χ0) is 21.3. The largest absolute Gasteiger partial charge is 0.461 e. The lowest BCUT2D eigenvalue weighted by Crippen LogP contribution is -2.33. The molecule has 3 rings (SSSR count). The summed E-state index contributed by atoms with van der Waals surface area (Å²) in [5.41, 5.74) is 1.88. The summed E-state index contributed by atoms with van der Waals surface area (Å²) in [5, 5.41) is 0. The molecule has 1 fully saturated rings. The molecule has 0 saturated carbocycles. The SMILES string of the molecule is C/C=C(/C)C(=O)O[C@H]1C/C(C)=C/CC[C@@]2(C)O[C@H]2[C@@H]2OC(=O)C(COC(C)=O)=C12. The van der Waals surface area contributed by atoms with Crippen molar-refractivity contribution in [3.8, 4) is 0 Å². The number of ether oxygens (including phenoxy) is 4. The van der Waals surface area contributed by atoms with Crippen LogP contribution >= 0.6 is 0 Å². The van der Waals surface area contributed by atoms with Gasteiger partial charge in [0.2, 0.25) is 0 Å². The van der Waals surface area contributed by atoms with Crippen molar-refractivity contribution in [3.05, 3.63) is 34.4 Å². The molecule has 7 nitrogen and oxygen atoms in total. The van der Waals surface area contributed by atoms with Gasteiger partial charge in [-0.3, -0.25) is 4.79 Å². The summed E-state index contributed by atoms with van der Waals surface area (Å²) in [6.07, 6.45) is 4.16.